The summed E-state index contributed by atoms with van der Waals surface area (Å²) >= 11 is 0. The van der Waals surface area contributed by atoms with E-state index in [9.17, 15) is 4.79 Å². The zero-order valence-electron chi connectivity index (χ0n) is 20.5. The summed E-state index contributed by atoms with van der Waals surface area (Å²) in [5, 5.41) is 6.28. The molecule has 2 N–H and O–H groups in total. The highest BCUT2D eigenvalue weighted by Gasteiger charge is 2.26. The normalized spacial score (nSPS) is 18.4. The molecule has 2 aromatic rings. The molecule has 2 atom stereocenters. The van der Waals surface area contributed by atoms with Crippen LogP contribution in [0, 0.1) is 0 Å². The predicted molar refractivity (Wildman–Crippen MR) is 134 cm³/mol. The Bertz CT molecular complexity index is 908. The summed E-state index contributed by atoms with van der Waals surface area (Å²) in [6.45, 7) is 5.38. The Morgan fingerprint density at radius 3 is 1.82 bits per heavy atom. The van der Waals surface area contributed by atoms with Crippen molar-refractivity contribution in [3.8, 4) is 11.5 Å². The summed E-state index contributed by atoms with van der Waals surface area (Å²) in [6.07, 6.45) is 4.81. The molecule has 4 rings (SSSR count). The number of methoxy groups -OCH3 is 2. The number of benzene rings is 2. The van der Waals surface area contributed by atoms with E-state index in [0.717, 1.165) is 37.7 Å². The Balaban J connectivity index is 1.38. The zero-order valence-corrected chi connectivity index (χ0v) is 20.5. The van der Waals surface area contributed by atoms with Crippen LogP contribution in [0.2, 0.25) is 0 Å². The van der Waals surface area contributed by atoms with Crippen molar-refractivity contribution in [3.05, 3.63) is 59.7 Å². The van der Waals surface area contributed by atoms with Crippen LogP contribution in [0.25, 0.3) is 0 Å². The number of ether oxygens (including phenoxy) is 2. The number of hydrogen-bond acceptors (Lipinski definition) is 5. The molecule has 34 heavy (non-hydrogen) atoms. The summed E-state index contributed by atoms with van der Waals surface area (Å²) in [6, 6.07) is 16.6. The van der Waals surface area contributed by atoms with Crippen molar-refractivity contribution in [1.29, 1.82) is 0 Å². The molecule has 7 heteroatoms. The van der Waals surface area contributed by atoms with E-state index >= 15 is 0 Å². The molecular weight excluding hydrogens is 428 g/mol. The third-order valence-corrected chi connectivity index (χ3v) is 7.05. The number of rotatable bonds is 10. The van der Waals surface area contributed by atoms with Gasteiger partial charge in [0.05, 0.1) is 26.3 Å². The molecular formula is C27H38N4O3. The van der Waals surface area contributed by atoms with Crippen LogP contribution in [0.5, 0.6) is 11.5 Å². The maximum absolute atomic E-state index is 12.9. The second kappa shape index (κ2) is 12.1. The molecule has 2 unspecified atom stereocenters. The average molecular weight is 467 g/mol. The molecule has 0 spiro atoms. The summed E-state index contributed by atoms with van der Waals surface area (Å²) < 4.78 is 10.7. The predicted octanol–water partition coefficient (Wildman–Crippen LogP) is 3.98. The first kappa shape index (κ1) is 24.4. The van der Waals surface area contributed by atoms with Crippen LogP contribution in [0.15, 0.2) is 48.5 Å². The molecule has 0 aromatic heterocycles. The lowest BCUT2D eigenvalue weighted by molar-refractivity contribution is 0.210. The maximum Gasteiger partial charge on any atom is 0.314 e. The van der Waals surface area contributed by atoms with Crippen LogP contribution < -0.4 is 20.1 Å². The van der Waals surface area contributed by atoms with Gasteiger partial charge in [-0.25, -0.2) is 4.79 Å². The van der Waals surface area contributed by atoms with Gasteiger partial charge in [-0.05, 0) is 87.3 Å². The van der Waals surface area contributed by atoms with Gasteiger partial charge >= 0.3 is 6.03 Å². The van der Waals surface area contributed by atoms with E-state index in [1.54, 1.807) is 14.2 Å². The van der Waals surface area contributed by atoms with Crippen molar-refractivity contribution in [1.82, 2.24) is 20.4 Å². The van der Waals surface area contributed by atoms with E-state index in [0.29, 0.717) is 13.1 Å². The molecule has 2 aliphatic rings. The monoisotopic (exact) mass is 466 g/mol. The van der Waals surface area contributed by atoms with Gasteiger partial charge in [-0.3, -0.25) is 9.80 Å². The van der Waals surface area contributed by atoms with Gasteiger partial charge in [-0.1, -0.05) is 24.3 Å². The molecule has 2 heterocycles. The SMILES string of the molecule is COc1ccc(C(CNC(=O)NCC(c2cccc(OC)c2)N2CCCC2)N2CCCC2)cc1. The van der Waals surface area contributed by atoms with Gasteiger partial charge < -0.3 is 20.1 Å². The first-order valence-corrected chi connectivity index (χ1v) is 12.5. The number of amides is 2. The number of hydrogen-bond donors (Lipinski definition) is 2. The van der Waals surface area contributed by atoms with Crippen LogP contribution in [0.1, 0.15) is 48.9 Å². The summed E-state index contributed by atoms with van der Waals surface area (Å²) in [5.41, 5.74) is 2.38. The lowest BCUT2D eigenvalue weighted by atomic mass is 10.0. The van der Waals surface area contributed by atoms with Crippen molar-refractivity contribution >= 4 is 6.03 Å². The Labute approximate surface area is 203 Å². The van der Waals surface area contributed by atoms with Crippen LogP contribution in [-0.2, 0) is 0 Å². The summed E-state index contributed by atoms with van der Waals surface area (Å²) in [5.74, 6) is 1.69. The molecule has 2 fully saturated rings. The van der Waals surface area contributed by atoms with Crippen molar-refractivity contribution in [2.24, 2.45) is 0 Å². The quantitative estimate of drug-likeness (QED) is 0.555. The number of carbonyl (C=O) groups excluding carboxylic acids is 1. The van der Waals surface area contributed by atoms with Gasteiger partial charge in [-0.2, -0.15) is 0 Å². The average Bonchev–Trinajstić information content (AvgIpc) is 3.60. The second-order valence-electron chi connectivity index (χ2n) is 9.16. The smallest absolute Gasteiger partial charge is 0.314 e. The Morgan fingerprint density at radius 2 is 1.29 bits per heavy atom. The van der Waals surface area contributed by atoms with Crippen LogP contribution in [0.3, 0.4) is 0 Å². The molecule has 7 nitrogen and oxygen atoms in total. The molecule has 0 bridgehead atoms. The largest absolute Gasteiger partial charge is 0.497 e. The van der Waals surface area contributed by atoms with Crippen molar-refractivity contribution in [3.63, 3.8) is 0 Å². The lowest BCUT2D eigenvalue weighted by Crippen LogP contribution is -2.44. The van der Waals surface area contributed by atoms with Gasteiger partial charge in [0.25, 0.3) is 0 Å². The molecule has 2 amide bonds. The molecule has 0 radical (unpaired) electrons. The first-order chi connectivity index (χ1) is 16.7. The van der Waals surface area contributed by atoms with Gasteiger partial charge in [0.2, 0.25) is 0 Å². The van der Waals surface area contributed by atoms with Gasteiger partial charge in [0, 0.05) is 13.1 Å². The van der Waals surface area contributed by atoms with Gasteiger partial charge in [-0.15, -0.1) is 0 Å². The van der Waals surface area contributed by atoms with Gasteiger partial charge in [0.1, 0.15) is 11.5 Å². The molecule has 184 valence electrons. The third kappa shape index (κ3) is 6.21. The fourth-order valence-electron chi connectivity index (χ4n) is 5.14. The highest BCUT2D eigenvalue weighted by atomic mass is 16.5. The van der Waals surface area contributed by atoms with E-state index in [1.165, 1.54) is 36.8 Å². The molecule has 2 saturated heterocycles. The minimum atomic E-state index is -0.121. The second-order valence-corrected chi connectivity index (χ2v) is 9.16. The fourth-order valence-corrected chi connectivity index (χ4v) is 5.14. The zero-order chi connectivity index (χ0) is 23.8. The highest BCUT2D eigenvalue weighted by molar-refractivity contribution is 5.74. The van der Waals surface area contributed by atoms with E-state index in [2.05, 4.69) is 44.7 Å². The van der Waals surface area contributed by atoms with Crippen LogP contribution in [-0.4, -0.2) is 69.3 Å². The van der Waals surface area contributed by atoms with Crippen LogP contribution in [0.4, 0.5) is 4.79 Å². The van der Waals surface area contributed by atoms with E-state index < -0.39 is 0 Å². The highest BCUT2D eigenvalue weighted by Crippen LogP contribution is 2.28. The summed E-state index contributed by atoms with van der Waals surface area (Å²) in [7, 11) is 3.37. The van der Waals surface area contributed by atoms with Crippen LogP contribution >= 0.6 is 0 Å². The molecule has 2 aromatic carbocycles. The third-order valence-electron chi connectivity index (χ3n) is 7.05. The standard InChI is InChI=1S/C27H38N4O3/c1-33-23-12-10-21(11-13-23)25(30-14-3-4-15-30)19-28-27(32)29-20-26(31-16-5-6-17-31)22-8-7-9-24(18-22)34-2/h7-13,18,25-26H,3-6,14-17,19-20H2,1-2H3,(H2,28,29,32). The number of likely N-dealkylation sites (tertiary alicyclic amines) is 2. The Hall–Kier alpha value is -2.77. The number of nitrogens with zero attached hydrogens (tertiary/aromatic N) is 2. The lowest BCUT2D eigenvalue weighted by Gasteiger charge is -2.30. The van der Waals surface area contributed by atoms with Gasteiger partial charge in [0.15, 0.2) is 0 Å². The Kier molecular flexibility index (Phi) is 8.66. The first-order valence-electron chi connectivity index (χ1n) is 12.5. The van der Waals surface area contributed by atoms with Crippen molar-refractivity contribution in [2.75, 3.05) is 53.5 Å². The van der Waals surface area contributed by atoms with E-state index in [4.69, 9.17) is 9.47 Å². The summed E-state index contributed by atoms with van der Waals surface area (Å²) in [4.78, 5) is 17.8. The van der Waals surface area contributed by atoms with Crippen molar-refractivity contribution < 1.29 is 14.3 Å². The molecule has 2 aliphatic heterocycles. The Morgan fingerprint density at radius 1 is 0.765 bits per heavy atom. The topological polar surface area (TPSA) is 66.1 Å². The van der Waals surface area contributed by atoms with E-state index in [1.807, 2.05) is 24.3 Å². The molecule has 0 saturated carbocycles. The van der Waals surface area contributed by atoms with Crippen molar-refractivity contribution in [2.45, 2.75) is 37.8 Å². The number of nitrogens with one attached hydrogen (secondary N) is 2. The minimum absolute atomic E-state index is 0.121. The van der Waals surface area contributed by atoms with E-state index in [-0.39, 0.29) is 18.1 Å². The number of urea groups is 1. The number of carbonyl (C=O) groups is 1. The fraction of sp³-hybridized carbons (Fsp3) is 0.519. The minimum Gasteiger partial charge on any atom is -0.497 e. The maximum atomic E-state index is 12.9. The molecule has 0 aliphatic carbocycles.